The summed E-state index contributed by atoms with van der Waals surface area (Å²) in [5.41, 5.74) is 1.25. The molecule has 0 bridgehead atoms. The van der Waals surface area contributed by atoms with Gasteiger partial charge >= 0.3 is 0 Å². The minimum atomic E-state index is -0.706. The summed E-state index contributed by atoms with van der Waals surface area (Å²) in [6.45, 7) is 0.537. The quantitative estimate of drug-likeness (QED) is 0.497. The monoisotopic (exact) mass is 371 g/mol. The smallest absolute Gasteiger partial charge is 0.295 e. The summed E-state index contributed by atoms with van der Waals surface area (Å²) in [5.74, 6) is -1.57. The number of hydrogen-bond acceptors (Lipinski definition) is 4. The Labute approximate surface area is 156 Å². The second kappa shape index (κ2) is 7.72. The fourth-order valence-electron chi connectivity index (χ4n) is 3.05. The molecule has 0 aliphatic carbocycles. The van der Waals surface area contributed by atoms with Gasteiger partial charge in [0.15, 0.2) is 0 Å². The third-order valence-corrected chi connectivity index (χ3v) is 4.56. The van der Waals surface area contributed by atoms with Gasteiger partial charge in [-0.15, -0.1) is 0 Å². The Kier molecular flexibility index (Phi) is 5.40. The van der Waals surface area contributed by atoms with E-state index in [1.807, 2.05) is 30.3 Å². The third-order valence-electron chi connectivity index (χ3n) is 4.31. The summed E-state index contributed by atoms with van der Waals surface area (Å²) < 4.78 is 5.07. The molecule has 1 fully saturated rings. The first-order valence-electron chi connectivity index (χ1n) is 8.13. The van der Waals surface area contributed by atoms with Gasteiger partial charge in [0.05, 0.1) is 18.2 Å². The second-order valence-corrected chi connectivity index (χ2v) is 6.34. The molecule has 0 spiro atoms. The van der Waals surface area contributed by atoms with Crippen molar-refractivity contribution in [1.82, 2.24) is 4.90 Å². The second-order valence-electron chi connectivity index (χ2n) is 5.90. The Balaban J connectivity index is 2.14. The van der Waals surface area contributed by atoms with Crippen molar-refractivity contribution < 1.29 is 19.4 Å². The molecule has 0 aromatic heterocycles. The van der Waals surface area contributed by atoms with Gasteiger partial charge in [-0.3, -0.25) is 9.59 Å². The highest BCUT2D eigenvalue weighted by Crippen LogP contribution is 2.39. The Morgan fingerprint density at radius 3 is 2.38 bits per heavy atom. The molecular formula is C20H18ClNO4. The number of ether oxygens (including phenoxy) is 1. The van der Waals surface area contributed by atoms with Crippen molar-refractivity contribution >= 4 is 29.1 Å². The number of carbonyl (C=O) groups is 2. The van der Waals surface area contributed by atoms with E-state index in [0.29, 0.717) is 10.6 Å². The number of rotatable bonds is 5. The lowest BCUT2D eigenvalue weighted by atomic mass is 9.95. The van der Waals surface area contributed by atoms with Crippen molar-refractivity contribution in [3.63, 3.8) is 0 Å². The van der Waals surface area contributed by atoms with Crippen LogP contribution in [-0.2, 0) is 14.3 Å². The maximum absolute atomic E-state index is 12.7. The van der Waals surface area contributed by atoms with E-state index in [9.17, 15) is 14.7 Å². The molecule has 3 rings (SSSR count). The zero-order valence-corrected chi connectivity index (χ0v) is 14.9. The van der Waals surface area contributed by atoms with Crippen molar-refractivity contribution in [2.24, 2.45) is 0 Å². The van der Waals surface area contributed by atoms with Crippen LogP contribution in [0, 0.1) is 0 Å². The molecule has 0 radical (unpaired) electrons. The molecule has 6 heteroatoms. The van der Waals surface area contributed by atoms with Gasteiger partial charge in [-0.2, -0.15) is 0 Å². The van der Waals surface area contributed by atoms with Gasteiger partial charge in [-0.25, -0.2) is 0 Å². The summed E-state index contributed by atoms with van der Waals surface area (Å²) in [6.07, 6.45) is 0. The normalized spacial score (nSPS) is 19.2. The lowest BCUT2D eigenvalue weighted by molar-refractivity contribution is -0.140. The maximum atomic E-state index is 12.7. The van der Waals surface area contributed by atoms with Gasteiger partial charge in [-0.05, 0) is 29.8 Å². The summed E-state index contributed by atoms with van der Waals surface area (Å²) >= 11 is 5.89. The van der Waals surface area contributed by atoms with E-state index < -0.39 is 17.7 Å². The van der Waals surface area contributed by atoms with Crippen LogP contribution in [0.2, 0.25) is 5.02 Å². The number of aliphatic hydroxyl groups is 1. The predicted octanol–water partition coefficient (Wildman–Crippen LogP) is 3.41. The van der Waals surface area contributed by atoms with Crippen LogP contribution in [0.15, 0.2) is 60.2 Å². The van der Waals surface area contributed by atoms with Crippen LogP contribution >= 0.6 is 11.6 Å². The molecule has 134 valence electrons. The van der Waals surface area contributed by atoms with E-state index >= 15 is 0 Å². The molecule has 0 saturated carbocycles. The fourth-order valence-corrected chi connectivity index (χ4v) is 3.17. The average molecular weight is 372 g/mol. The van der Waals surface area contributed by atoms with Crippen LogP contribution in [0.3, 0.4) is 0 Å². The highest BCUT2D eigenvalue weighted by Gasteiger charge is 2.45. The van der Waals surface area contributed by atoms with Crippen LogP contribution in [-0.4, -0.2) is 42.0 Å². The topological polar surface area (TPSA) is 66.8 Å². The van der Waals surface area contributed by atoms with E-state index in [1.165, 1.54) is 12.0 Å². The molecule has 26 heavy (non-hydrogen) atoms. The van der Waals surface area contributed by atoms with E-state index in [1.54, 1.807) is 24.3 Å². The number of halogens is 1. The van der Waals surface area contributed by atoms with Crippen LogP contribution in [0.5, 0.6) is 0 Å². The van der Waals surface area contributed by atoms with Crippen molar-refractivity contribution in [1.29, 1.82) is 0 Å². The summed E-state index contributed by atoms with van der Waals surface area (Å²) in [7, 11) is 1.53. The SMILES string of the molecule is COCCN1C(=O)C(=O)/C(=C(/O)c2ccc(Cl)cc2)[C@@H]1c1ccccc1. The molecule has 2 aromatic rings. The molecular weight excluding hydrogens is 354 g/mol. The van der Waals surface area contributed by atoms with Crippen LogP contribution < -0.4 is 0 Å². The molecule has 1 amide bonds. The van der Waals surface area contributed by atoms with Gasteiger partial charge in [0, 0.05) is 24.2 Å². The molecule has 1 heterocycles. The summed E-state index contributed by atoms with van der Waals surface area (Å²) in [4.78, 5) is 26.7. The van der Waals surface area contributed by atoms with Crippen molar-refractivity contribution in [2.45, 2.75) is 6.04 Å². The lowest BCUT2D eigenvalue weighted by Crippen LogP contribution is -2.32. The molecule has 0 unspecified atom stereocenters. The van der Waals surface area contributed by atoms with Crippen molar-refractivity contribution in [3.05, 3.63) is 76.3 Å². The van der Waals surface area contributed by atoms with E-state index in [-0.39, 0.29) is 24.5 Å². The molecule has 2 aromatic carbocycles. The number of amides is 1. The van der Waals surface area contributed by atoms with Crippen molar-refractivity contribution in [2.75, 3.05) is 20.3 Å². The first-order chi connectivity index (χ1) is 12.5. The number of hydrogen-bond donors (Lipinski definition) is 1. The van der Waals surface area contributed by atoms with Crippen LogP contribution in [0.25, 0.3) is 5.76 Å². The molecule has 1 saturated heterocycles. The summed E-state index contributed by atoms with van der Waals surface area (Å²) in [6, 6.07) is 15.0. The predicted molar refractivity (Wildman–Crippen MR) is 98.8 cm³/mol. The lowest BCUT2D eigenvalue weighted by Gasteiger charge is -2.25. The molecule has 1 aliphatic rings. The standard InChI is InChI=1S/C20H18ClNO4/c1-26-12-11-22-17(13-5-3-2-4-6-13)16(19(24)20(22)25)18(23)14-7-9-15(21)10-8-14/h2-10,17,23H,11-12H2,1H3/b18-16+/t17-/m0/s1. The van der Waals surface area contributed by atoms with E-state index in [2.05, 4.69) is 0 Å². The highest BCUT2D eigenvalue weighted by atomic mass is 35.5. The van der Waals surface area contributed by atoms with Gasteiger partial charge < -0.3 is 14.7 Å². The zero-order valence-electron chi connectivity index (χ0n) is 14.2. The largest absolute Gasteiger partial charge is 0.507 e. The Morgan fingerprint density at radius 1 is 1.12 bits per heavy atom. The number of methoxy groups -OCH3 is 1. The van der Waals surface area contributed by atoms with Crippen molar-refractivity contribution in [3.8, 4) is 0 Å². The number of nitrogens with zero attached hydrogens (tertiary/aromatic N) is 1. The number of benzene rings is 2. The Morgan fingerprint density at radius 2 is 1.77 bits per heavy atom. The van der Waals surface area contributed by atoms with E-state index in [4.69, 9.17) is 16.3 Å². The minimum Gasteiger partial charge on any atom is -0.507 e. The fraction of sp³-hybridized carbons (Fsp3) is 0.200. The zero-order chi connectivity index (χ0) is 18.7. The third kappa shape index (κ3) is 3.36. The van der Waals surface area contributed by atoms with Crippen LogP contribution in [0.1, 0.15) is 17.2 Å². The summed E-state index contributed by atoms with van der Waals surface area (Å²) in [5, 5.41) is 11.3. The molecule has 1 N–H and O–H groups in total. The maximum Gasteiger partial charge on any atom is 0.295 e. The first-order valence-corrected chi connectivity index (χ1v) is 8.50. The molecule has 1 aliphatic heterocycles. The number of likely N-dealkylation sites (tertiary alicyclic amines) is 1. The minimum absolute atomic E-state index is 0.0691. The van der Waals surface area contributed by atoms with Gasteiger partial charge in [0.25, 0.3) is 11.7 Å². The Bertz CT molecular complexity index is 846. The Hall–Kier alpha value is -2.63. The molecule has 5 nitrogen and oxygen atoms in total. The van der Waals surface area contributed by atoms with E-state index in [0.717, 1.165) is 5.56 Å². The molecule has 1 atom stereocenters. The van der Waals surface area contributed by atoms with Gasteiger partial charge in [-0.1, -0.05) is 41.9 Å². The average Bonchev–Trinajstić information content (AvgIpc) is 2.91. The number of ketones is 1. The number of aliphatic hydroxyl groups excluding tert-OH is 1. The van der Waals surface area contributed by atoms with Crippen LogP contribution in [0.4, 0.5) is 0 Å². The first kappa shape index (κ1) is 18.2. The van der Waals surface area contributed by atoms with Gasteiger partial charge in [0.2, 0.25) is 0 Å². The number of carbonyl (C=O) groups excluding carboxylic acids is 2. The van der Waals surface area contributed by atoms with Gasteiger partial charge in [0.1, 0.15) is 5.76 Å². The number of Topliss-reactive ketones (excluding diaryl/α,β-unsaturated/α-hetero) is 1. The highest BCUT2D eigenvalue weighted by molar-refractivity contribution is 6.46.